The van der Waals surface area contributed by atoms with Crippen LogP contribution in [0.1, 0.15) is 34.9 Å². The second-order valence-electron chi connectivity index (χ2n) is 5.38. The van der Waals surface area contributed by atoms with E-state index in [1.165, 1.54) is 23.8 Å². The zero-order valence-electron chi connectivity index (χ0n) is 12.0. The first-order valence-electron chi connectivity index (χ1n) is 6.87. The van der Waals surface area contributed by atoms with Crippen molar-refractivity contribution in [3.63, 3.8) is 0 Å². The van der Waals surface area contributed by atoms with Crippen LogP contribution in [0.5, 0.6) is 0 Å². The van der Waals surface area contributed by atoms with E-state index in [9.17, 15) is 13.2 Å². The lowest BCUT2D eigenvalue weighted by Gasteiger charge is -2.32. The first-order chi connectivity index (χ1) is 10.5. The molecule has 1 fully saturated rings. The molecule has 22 heavy (non-hydrogen) atoms. The quantitative estimate of drug-likeness (QED) is 0.908. The van der Waals surface area contributed by atoms with E-state index in [0.29, 0.717) is 24.5 Å². The average Bonchev–Trinajstić information content (AvgIpc) is 3.17. The van der Waals surface area contributed by atoms with Crippen LogP contribution in [-0.4, -0.2) is 53.8 Å². The molecule has 3 rings (SSSR count). The summed E-state index contributed by atoms with van der Waals surface area (Å²) in [7, 11) is -3.33. The molecule has 1 atom stereocenters. The second-order valence-corrected chi connectivity index (χ2v) is 8.09. The molecule has 7 nitrogen and oxygen atoms in total. The van der Waals surface area contributed by atoms with Crippen molar-refractivity contribution in [3.05, 3.63) is 28.5 Å². The van der Waals surface area contributed by atoms with Gasteiger partial charge in [-0.3, -0.25) is 9.89 Å². The molecule has 1 N–H and O–H groups in total. The summed E-state index contributed by atoms with van der Waals surface area (Å²) in [6, 6.07) is 0. The van der Waals surface area contributed by atoms with Gasteiger partial charge in [-0.05, 0) is 12.8 Å². The van der Waals surface area contributed by atoms with E-state index in [2.05, 4.69) is 15.2 Å². The van der Waals surface area contributed by atoms with Gasteiger partial charge in [0.1, 0.15) is 10.6 Å². The zero-order chi connectivity index (χ0) is 15.7. The first kappa shape index (κ1) is 15.2. The number of hydrogen-bond donors (Lipinski definition) is 1. The number of hydrogen-bond acceptors (Lipinski definition) is 6. The van der Waals surface area contributed by atoms with Crippen molar-refractivity contribution in [2.24, 2.45) is 0 Å². The number of nitrogens with zero attached hydrogens (tertiary/aromatic N) is 3. The molecular formula is C13H16N4O3S2. The number of piperidine rings is 1. The van der Waals surface area contributed by atoms with E-state index in [1.54, 1.807) is 15.8 Å². The lowest BCUT2D eigenvalue weighted by Crippen LogP contribution is -2.39. The Hall–Kier alpha value is -1.74. The van der Waals surface area contributed by atoms with Crippen LogP contribution in [0.3, 0.4) is 0 Å². The number of thiazole rings is 1. The Kier molecular flexibility index (Phi) is 4.00. The monoisotopic (exact) mass is 340 g/mol. The van der Waals surface area contributed by atoms with Crippen molar-refractivity contribution in [1.29, 1.82) is 0 Å². The largest absolute Gasteiger partial charge is 0.337 e. The summed E-state index contributed by atoms with van der Waals surface area (Å²) in [6.07, 6.45) is 4.16. The highest BCUT2D eigenvalue weighted by molar-refractivity contribution is 7.90. The molecule has 0 bridgehead atoms. The standard InChI is InChI=1S/C13H16N4O3S2/c1-22(19,20)11-5-15-16-12(11)9-3-2-4-17(6-9)13(18)10-7-21-8-14-10/h5,7-9H,2-4,6H2,1H3,(H,15,16)/t9-/m0/s1. The van der Waals surface area contributed by atoms with Gasteiger partial charge in [0, 0.05) is 30.6 Å². The van der Waals surface area contributed by atoms with Gasteiger partial charge >= 0.3 is 0 Å². The third kappa shape index (κ3) is 2.91. The number of sulfone groups is 1. The van der Waals surface area contributed by atoms with Gasteiger partial charge in [0.2, 0.25) is 0 Å². The van der Waals surface area contributed by atoms with Crippen LogP contribution < -0.4 is 0 Å². The van der Waals surface area contributed by atoms with Crippen molar-refractivity contribution < 1.29 is 13.2 Å². The van der Waals surface area contributed by atoms with Gasteiger partial charge < -0.3 is 4.90 Å². The predicted molar refractivity (Wildman–Crippen MR) is 81.7 cm³/mol. The molecule has 3 heterocycles. The van der Waals surface area contributed by atoms with Crippen molar-refractivity contribution in [1.82, 2.24) is 20.1 Å². The first-order valence-corrected chi connectivity index (χ1v) is 9.71. The highest BCUT2D eigenvalue weighted by Crippen LogP contribution is 2.30. The summed E-state index contributed by atoms with van der Waals surface area (Å²) in [4.78, 5) is 18.4. The third-order valence-corrected chi connectivity index (χ3v) is 5.51. The van der Waals surface area contributed by atoms with E-state index in [0.717, 1.165) is 12.8 Å². The number of carbonyl (C=O) groups is 1. The minimum absolute atomic E-state index is 0.0523. The van der Waals surface area contributed by atoms with Crippen molar-refractivity contribution in [2.75, 3.05) is 19.3 Å². The topological polar surface area (TPSA) is 96.0 Å². The highest BCUT2D eigenvalue weighted by atomic mass is 32.2. The highest BCUT2D eigenvalue weighted by Gasteiger charge is 2.30. The van der Waals surface area contributed by atoms with Gasteiger partial charge in [-0.2, -0.15) is 5.10 Å². The van der Waals surface area contributed by atoms with E-state index < -0.39 is 9.84 Å². The van der Waals surface area contributed by atoms with Crippen LogP contribution in [0.4, 0.5) is 0 Å². The minimum atomic E-state index is -3.33. The maximum Gasteiger partial charge on any atom is 0.273 e. The number of rotatable bonds is 3. The molecule has 1 aliphatic heterocycles. The number of amides is 1. The predicted octanol–water partition coefficient (Wildman–Crippen LogP) is 1.29. The average molecular weight is 340 g/mol. The number of nitrogens with one attached hydrogen (secondary N) is 1. The Morgan fingerprint density at radius 2 is 2.32 bits per heavy atom. The Morgan fingerprint density at radius 3 is 3.00 bits per heavy atom. The second kappa shape index (κ2) is 5.81. The van der Waals surface area contributed by atoms with Crippen molar-refractivity contribution in [3.8, 4) is 0 Å². The van der Waals surface area contributed by atoms with Crippen LogP contribution in [0.2, 0.25) is 0 Å². The fraction of sp³-hybridized carbons (Fsp3) is 0.462. The molecule has 0 spiro atoms. The Balaban J connectivity index is 1.82. The molecule has 9 heteroatoms. The molecule has 0 radical (unpaired) electrons. The Labute approximate surface area is 132 Å². The number of H-pyrrole nitrogens is 1. The fourth-order valence-electron chi connectivity index (χ4n) is 2.75. The smallest absolute Gasteiger partial charge is 0.273 e. The summed E-state index contributed by atoms with van der Waals surface area (Å²) in [5.74, 6) is -0.157. The molecule has 1 aliphatic rings. The van der Waals surface area contributed by atoms with Crippen LogP contribution in [0, 0.1) is 0 Å². The summed E-state index contributed by atoms with van der Waals surface area (Å²) >= 11 is 1.38. The maximum absolute atomic E-state index is 12.4. The lowest BCUT2D eigenvalue weighted by atomic mass is 9.94. The number of likely N-dealkylation sites (tertiary alicyclic amines) is 1. The van der Waals surface area contributed by atoms with Gasteiger partial charge in [-0.1, -0.05) is 0 Å². The van der Waals surface area contributed by atoms with Crippen LogP contribution in [0.25, 0.3) is 0 Å². The Morgan fingerprint density at radius 1 is 1.50 bits per heavy atom. The summed E-state index contributed by atoms with van der Waals surface area (Å²) in [6.45, 7) is 1.14. The van der Waals surface area contributed by atoms with Crippen LogP contribution in [0.15, 0.2) is 22.0 Å². The fourth-order valence-corrected chi connectivity index (χ4v) is 4.13. The molecule has 0 unspecified atom stereocenters. The van der Waals surface area contributed by atoms with Gasteiger partial charge in [0.25, 0.3) is 5.91 Å². The van der Waals surface area contributed by atoms with Gasteiger partial charge in [0.05, 0.1) is 17.4 Å². The van der Waals surface area contributed by atoms with Gasteiger partial charge in [0.15, 0.2) is 9.84 Å². The number of aromatic amines is 1. The van der Waals surface area contributed by atoms with E-state index in [-0.39, 0.29) is 16.7 Å². The molecule has 118 valence electrons. The molecule has 2 aromatic heterocycles. The zero-order valence-corrected chi connectivity index (χ0v) is 13.7. The van der Waals surface area contributed by atoms with E-state index in [4.69, 9.17) is 0 Å². The van der Waals surface area contributed by atoms with E-state index >= 15 is 0 Å². The molecular weight excluding hydrogens is 324 g/mol. The van der Waals surface area contributed by atoms with Crippen LogP contribution in [-0.2, 0) is 9.84 Å². The maximum atomic E-state index is 12.4. The van der Waals surface area contributed by atoms with Gasteiger partial charge in [-0.15, -0.1) is 11.3 Å². The normalized spacial score (nSPS) is 19.3. The van der Waals surface area contributed by atoms with Crippen molar-refractivity contribution in [2.45, 2.75) is 23.7 Å². The number of carbonyl (C=O) groups excluding carboxylic acids is 1. The Bertz CT molecular complexity index is 767. The molecule has 2 aromatic rings. The van der Waals surface area contributed by atoms with Crippen LogP contribution >= 0.6 is 11.3 Å². The van der Waals surface area contributed by atoms with Gasteiger partial charge in [-0.25, -0.2) is 13.4 Å². The molecule has 1 amide bonds. The molecule has 0 aliphatic carbocycles. The number of aromatic nitrogens is 3. The SMILES string of the molecule is CS(=O)(=O)c1cn[nH]c1[C@H]1CCCN(C(=O)c2cscn2)C1. The molecule has 0 aromatic carbocycles. The lowest BCUT2D eigenvalue weighted by molar-refractivity contribution is 0.0700. The summed E-state index contributed by atoms with van der Waals surface area (Å²) in [5.41, 5.74) is 2.67. The third-order valence-electron chi connectivity index (χ3n) is 3.80. The minimum Gasteiger partial charge on any atom is -0.337 e. The molecule has 1 saturated heterocycles. The summed E-state index contributed by atoms with van der Waals surface area (Å²) < 4.78 is 23.6. The van der Waals surface area contributed by atoms with Crippen molar-refractivity contribution >= 4 is 27.1 Å². The molecule has 0 saturated carbocycles. The van der Waals surface area contributed by atoms with E-state index in [1.807, 2.05) is 0 Å². The summed E-state index contributed by atoms with van der Waals surface area (Å²) in [5, 5.41) is 8.39.